The number of nitrogens with zero attached hydrogens (tertiary/aromatic N) is 2. The Morgan fingerprint density at radius 2 is 0.509 bits per heavy atom. The van der Waals surface area contributed by atoms with Crippen molar-refractivity contribution in [1.82, 2.24) is 19.9 Å². The standard InChI is InChI=1S/C44H34N8.Zn/c45-29-9-1-25(2-10-29)41-33-17-19-35(49-33)42(26-3-11-30(46)12-4-26)37-21-23-39(51-37)44(28-7-15-32(48)16-8-28)40-24-22-38(52-40)43(36-20-18-34(41)50-36)27-5-13-31(47)14-6-27;/h1-24,49,52H,45-48H2;. The summed E-state index contributed by atoms with van der Waals surface area (Å²) in [6.45, 7) is 0. The van der Waals surface area contributed by atoms with Gasteiger partial charge >= 0.3 is 0 Å². The molecule has 0 saturated carbocycles. The quantitative estimate of drug-likeness (QED) is 0.0778. The number of rotatable bonds is 4. The number of hydrogen-bond donors (Lipinski definition) is 6. The van der Waals surface area contributed by atoms with Gasteiger partial charge in [0.1, 0.15) is 0 Å². The molecule has 0 fully saturated rings. The summed E-state index contributed by atoms with van der Waals surface area (Å²) in [5, 5.41) is 0. The van der Waals surface area contributed by atoms with Crippen molar-refractivity contribution in [2.24, 2.45) is 0 Å². The predicted molar refractivity (Wildman–Crippen MR) is 218 cm³/mol. The molecule has 0 amide bonds. The topological polar surface area (TPSA) is 161 Å². The Kier molecular flexibility index (Phi) is 8.49. The molecule has 2 aliphatic heterocycles. The molecule has 0 radical (unpaired) electrons. The van der Waals surface area contributed by atoms with Gasteiger partial charge in [0.2, 0.25) is 0 Å². The van der Waals surface area contributed by atoms with Crippen LogP contribution >= 0.6 is 0 Å². The molecule has 0 atom stereocenters. The SMILES string of the molecule is Nc1ccc(-c2c3nc(c(-c4ccc(N)cc4)c4ccc([nH]4)c(-c4ccc(N)cc4)c4nc(c(-c5ccc(N)cc5)c5ccc2[nH]5)C=C4)C=C3)cc1.[Zn]. The average molecular weight is 740 g/mol. The van der Waals surface area contributed by atoms with E-state index in [9.17, 15) is 0 Å². The number of aromatic nitrogens is 4. The van der Waals surface area contributed by atoms with Gasteiger partial charge in [-0.2, -0.15) is 0 Å². The molecule has 2 aliphatic rings. The van der Waals surface area contributed by atoms with Crippen molar-refractivity contribution in [2.75, 3.05) is 22.9 Å². The Bertz CT molecular complexity index is 2370. The van der Waals surface area contributed by atoms with Crippen molar-refractivity contribution in [3.05, 3.63) is 144 Å². The number of hydrogen-bond acceptors (Lipinski definition) is 6. The molecular weight excluding hydrogens is 706 g/mol. The minimum Gasteiger partial charge on any atom is -0.399 e. The van der Waals surface area contributed by atoms with Gasteiger partial charge in [0.05, 0.1) is 22.8 Å². The zero-order valence-corrected chi connectivity index (χ0v) is 31.7. The number of nitrogens with one attached hydrogen (secondary N) is 2. The van der Waals surface area contributed by atoms with E-state index in [4.69, 9.17) is 32.9 Å². The molecule has 0 aliphatic carbocycles. The summed E-state index contributed by atoms with van der Waals surface area (Å²) in [6.07, 6.45) is 8.29. The van der Waals surface area contributed by atoms with Crippen LogP contribution in [-0.2, 0) is 19.5 Å². The second kappa shape index (κ2) is 13.5. The van der Waals surface area contributed by atoms with E-state index in [1.54, 1.807) is 0 Å². The van der Waals surface area contributed by atoms with Crippen LogP contribution < -0.4 is 22.9 Å². The van der Waals surface area contributed by atoms with E-state index >= 15 is 0 Å². The van der Waals surface area contributed by atoms with Crippen LogP contribution in [0.2, 0.25) is 0 Å². The van der Waals surface area contributed by atoms with Gasteiger partial charge in [0.25, 0.3) is 0 Å². The third-order valence-electron chi connectivity index (χ3n) is 9.55. The van der Waals surface area contributed by atoms with E-state index in [1.807, 2.05) is 97.1 Å². The van der Waals surface area contributed by atoms with E-state index in [2.05, 4.69) is 58.5 Å². The van der Waals surface area contributed by atoms with Crippen LogP contribution in [0.1, 0.15) is 22.8 Å². The summed E-state index contributed by atoms with van der Waals surface area (Å²) in [5.74, 6) is 0. The van der Waals surface area contributed by atoms with Gasteiger partial charge in [-0.1, -0.05) is 48.5 Å². The Labute approximate surface area is 318 Å². The molecule has 7 aromatic rings. The summed E-state index contributed by atoms with van der Waals surface area (Å²) in [5.41, 5.74) is 41.9. The molecular formula is C44H34N8Zn. The molecule has 3 aromatic heterocycles. The number of H-pyrrole nitrogens is 2. The molecule has 10 N–H and O–H groups in total. The third kappa shape index (κ3) is 6.17. The summed E-state index contributed by atoms with van der Waals surface area (Å²) >= 11 is 0. The Morgan fingerprint density at radius 3 is 0.717 bits per heavy atom. The maximum atomic E-state index is 6.15. The van der Waals surface area contributed by atoms with Crippen LogP contribution in [0.15, 0.2) is 121 Å². The number of aromatic amines is 2. The fourth-order valence-electron chi connectivity index (χ4n) is 7.02. The van der Waals surface area contributed by atoms with Crippen molar-refractivity contribution >= 4 is 69.1 Å². The first-order chi connectivity index (χ1) is 25.4. The van der Waals surface area contributed by atoms with Crippen molar-refractivity contribution < 1.29 is 19.5 Å². The number of benzene rings is 4. The second-order valence-electron chi connectivity index (χ2n) is 13.0. The first-order valence-electron chi connectivity index (χ1n) is 17.0. The normalized spacial score (nSPS) is 11.8. The van der Waals surface area contributed by atoms with Crippen LogP contribution in [0.5, 0.6) is 0 Å². The van der Waals surface area contributed by atoms with Crippen molar-refractivity contribution in [3.8, 4) is 44.5 Å². The zero-order valence-electron chi connectivity index (χ0n) is 28.8. The number of nitrogens with two attached hydrogens (primary N) is 4. The van der Waals surface area contributed by atoms with Gasteiger partial charge in [0, 0.05) is 86.5 Å². The Balaban J connectivity index is 0.00000400. The van der Waals surface area contributed by atoms with Gasteiger partial charge < -0.3 is 32.9 Å². The van der Waals surface area contributed by atoms with Crippen LogP contribution in [-0.4, -0.2) is 19.9 Å². The summed E-state index contributed by atoms with van der Waals surface area (Å²) in [7, 11) is 0. The molecule has 252 valence electrons. The fraction of sp³-hybridized carbons (Fsp3) is 0. The summed E-state index contributed by atoms with van der Waals surface area (Å²) in [6, 6.07) is 40.0. The van der Waals surface area contributed by atoms with Gasteiger partial charge in [-0.05, 0) is 119 Å². The predicted octanol–water partition coefficient (Wildman–Crippen LogP) is 9.65. The molecule has 9 heteroatoms. The molecule has 53 heavy (non-hydrogen) atoms. The van der Waals surface area contributed by atoms with E-state index in [-0.39, 0.29) is 19.5 Å². The van der Waals surface area contributed by atoms with Crippen LogP contribution in [0.4, 0.5) is 22.7 Å². The van der Waals surface area contributed by atoms with Gasteiger partial charge in [-0.3, -0.25) is 0 Å². The van der Waals surface area contributed by atoms with Gasteiger partial charge in [-0.25, -0.2) is 9.97 Å². The van der Waals surface area contributed by atoms with Crippen LogP contribution in [0.25, 0.3) is 90.9 Å². The minimum absolute atomic E-state index is 0. The van der Waals surface area contributed by atoms with Crippen LogP contribution in [0, 0.1) is 0 Å². The van der Waals surface area contributed by atoms with E-state index < -0.39 is 0 Å². The third-order valence-corrected chi connectivity index (χ3v) is 9.55. The largest absolute Gasteiger partial charge is 0.399 e. The minimum atomic E-state index is 0. The zero-order chi connectivity index (χ0) is 35.3. The van der Waals surface area contributed by atoms with Crippen molar-refractivity contribution in [1.29, 1.82) is 0 Å². The maximum Gasteiger partial charge on any atom is 0.0737 e. The Hall–Kier alpha value is -6.70. The molecule has 8 nitrogen and oxygen atoms in total. The van der Waals surface area contributed by atoms with Crippen LogP contribution in [0.3, 0.4) is 0 Å². The molecule has 4 aromatic carbocycles. The molecule has 8 bridgehead atoms. The van der Waals surface area contributed by atoms with Gasteiger partial charge in [-0.15, -0.1) is 0 Å². The van der Waals surface area contributed by atoms with Crippen molar-refractivity contribution in [2.45, 2.75) is 0 Å². The Morgan fingerprint density at radius 1 is 0.302 bits per heavy atom. The first kappa shape index (κ1) is 33.4. The summed E-state index contributed by atoms with van der Waals surface area (Å²) < 4.78 is 0. The fourth-order valence-corrected chi connectivity index (χ4v) is 7.02. The number of nitrogen functional groups attached to an aromatic ring is 4. The molecule has 0 saturated heterocycles. The molecule has 5 heterocycles. The van der Waals surface area contributed by atoms with E-state index in [0.29, 0.717) is 22.7 Å². The van der Waals surface area contributed by atoms with E-state index in [1.165, 1.54) is 0 Å². The summed E-state index contributed by atoms with van der Waals surface area (Å²) in [4.78, 5) is 18.2. The number of anilines is 4. The first-order valence-corrected chi connectivity index (χ1v) is 17.0. The number of fused-ring (bicyclic) bond motifs is 8. The maximum absolute atomic E-state index is 6.15. The van der Waals surface area contributed by atoms with E-state index in [0.717, 1.165) is 89.4 Å². The average Bonchev–Trinajstić information content (AvgIpc) is 3.99. The van der Waals surface area contributed by atoms with Gasteiger partial charge in [0.15, 0.2) is 0 Å². The monoisotopic (exact) mass is 738 g/mol. The molecule has 0 spiro atoms. The molecule has 0 unspecified atom stereocenters. The van der Waals surface area contributed by atoms with Crippen molar-refractivity contribution in [3.63, 3.8) is 0 Å². The molecule has 9 rings (SSSR count). The smallest absolute Gasteiger partial charge is 0.0737 e. The second-order valence-corrected chi connectivity index (χ2v) is 13.0.